The molecule has 1 atom stereocenters. The lowest BCUT2D eigenvalue weighted by Crippen LogP contribution is -2.47. The minimum atomic E-state index is -1.06. The summed E-state index contributed by atoms with van der Waals surface area (Å²) in [4.78, 5) is 17.5. The lowest BCUT2D eigenvalue weighted by Gasteiger charge is -2.32. The van der Waals surface area contributed by atoms with E-state index < -0.39 is 5.41 Å². The average molecular weight is 393 g/mol. The molecule has 1 aliphatic rings. The standard InChI is InChI=1S/C20H22Cl2N2O2/c1-20(13-6-5-9-15(10-13)26-2,18-16(21)11-23-12-17(18)22)19(25)24-14-7-3-4-8-14/h5-6,9-12,14H,3-4,7-8H2,1-2H3,(H,24,25). The van der Waals surface area contributed by atoms with Crippen LogP contribution in [0.25, 0.3) is 0 Å². The van der Waals surface area contributed by atoms with E-state index in [1.807, 2.05) is 31.2 Å². The van der Waals surface area contributed by atoms with Gasteiger partial charge >= 0.3 is 0 Å². The monoisotopic (exact) mass is 392 g/mol. The molecule has 1 aliphatic carbocycles. The molecular weight excluding hydrogens is 371 g/mol. The number of carbonyl (C=O) groups is 1. The maximum absolute atomic E-state index is 13.4. The van der Waals surface area contributed by atoms with E-state index in [-0.39, 0.29) is 11.9 Å². The zero-order valence-corrected chi connectivity index (χ0v) is 16.4. The molecule has 0 bridgehead atoms. The number of rotatable bonds is 5. The summed E-state index contributed by atoms with van der Waals surface area (Å²) in [6.07, 6.45) is 7.30. The fourth-order valence-corrected chi connectivity index (χ4v) is 4.35. The van der Waals surface area contributed by atoms with Crippen LogP contribution in [0.5, 0.6) is 5.75 Å². The van der Waals surface area contributed by atoms with Crippen molar-refractivity contribution < 1.29 is 9.53 Å². The van der Waals surface area contributed by atoms with E-state index in [1.165, 1.54) is 12.4 Å². The van der Waals surface area contributed by atoms with Crippen molar-refractivity contribution in [2.45, 2.75) is 44.1 Å². The minimum Gasteiger partial charge on any atom is -0.497 e. The van der Waals surface area contributed by atoms with Gasteiger partial charge in [-0.2, -0.15) is 0 Å². The van der Waals surface area contributed by atoms with Gasteiger partial charge in [0.25, 0.3) is 0 Å². The molecule has 6 heteroatoms. The summed E-state index contributed by atoms with van der Waals surface area (Å²) in [5.41, 5.74) is 0.260. The lowest BCUT2D eigenvalue weighted by atomic mass is 9.75. The number of halogens is 2. The summed E-state index contributed by atoms with van der Waals surface area (Å²) in [6, 6.07) is 7.63. The van der Waals surface area contributed by atoms with Crippen LogP contribution in [0.4, 0.5) is 0 Å². The first-order chi connectivity index (χ1) is 12.5. The molecule has 0 spiro atoms. The molecule has 1 amide bonds. The highest BCUT2D eigenvalue weighted by molar-refractivity contribution is 6.36. The Morgan fingerprint density at radius 2 is 1.88 bits per heavy atom. The zero-order valence-electron chi connectivity index (χ0n) is 14.9. The van der Waals surface area contributed by atoms with Crippen molar-refractivity contribution >= 4 is 29.1 Å². The van der Waals surface area contributed by atoms with Crippen molar-refractivity contribution in [2.24, 2.45) is 0 Å². The number of ether oxygens (including phenoxy) is 1. The molecule has 138 valence electrons. The summed E-state index contributed by atoms with van der Waals surface area (Å²) in [5, 5.41) is 3.92. The fraction of sp³-hybridized carbons (Fsp3) is 0.400. The predicted octanol–water partition coefficient (Wildman–Crippen LogP) is 4.76. The van der Waals surface area contributed by atoms with Crippen molar-refractivity contribution in [1.29, 1.82) is 0 Å². The molecular formula is C20H22Cl2N2O2. The van der Waals surface area contributed by atoms with Crippen molar-refractivity contribution in [2.75, 3.05) is 7.11 Å². The average Bonchev–Trinajstić information content (AvgIpc) is 3.14. The summed E-state index contributed by atoms with van der Waals surface area (Å²) >= 11 is 12.9. The molecule has 0 saturated heterocycles. The van der Waals surface area contributed by atoms with Crippen LogP contribution in [0.1, 0.15) is 43.7 Å². The van der Waals surface area contributed by atoms with Crippen LogP contribution in [0.15, 0.2) is 36.7 Å². The Balaban J connectivity index is 2.12. The van der Waals surface area contributed by atoms with Gasteiger partial charge in [-0.3, -0.25) is 9.78 Å². The predicted molar refractivity (Wildman–Crippen MR) is 104 cm³/mol. The summed E-state index contributed by atoms with van der Waals surface area (Å²) < 4.78 is 5.35. The van der Waals surface area contributed by atoms with Gasteiger partial charge < -0.3 is 10.1 Å². The van der Waals surface area contributed by atoms with Gasteiger partial charge in [-0.25, -0.2) is 0 Å². The number of carbonyl (C=O) groups excluding carboxylic acids is 1. The van der Waals surface area contributed by atoms with Gasteiger partial charge in [0.05, 0.1) is 22.6 Å². The molecule has 1 N–H and O–H groups in total. The lowest BCUT2D eigenvalue weighted by molar-refractivity contribution is -0.125. The molecule has 2 aromatic rings. The second kappa shape index (κ2) is 7.85. The van der Waals surface area contributed by atoms with E-state index in [2.05, 4.69) is 10.3 Å². The number of pyridine rings is 1. The summed E-state index contributed by atoms with van der Waals surface area (Å²) in [7, 11) is 1.60. The van der Waals surface area contributed by atoms with E-state index in [0.717, 1.165) is 31.2 Å². The van der Waals surface area contributed by atoms with Crippen LogP contribution in [-0.4, -0.2) is 24.0 Å². The third-order valence-corrected chi connectivity index (χ3v) is 5.72. The smallest absolute Gasteiger partial charge is 0.235 e. The highest BCUT2D eigenvalue weighted by Gasteiger charge is 2.41. The van der Waals surface area contributed by atoms with E-state index in [4.69, 9.17) is 27.9 Å². The van der Waals surface area contributed by atoms with E-state index in [0.29, 0.717) is 21.4 Å². The Labute approximate surface area is 163 Å². The quantitative estimate of drug-likeness (QED) is 0.797. The molecule has 1 aromatic heterocycles. The van der Waals surface area contributed by atoms with Crippen LogP contribution in [0, 0.1) is 0 Å². The van der Waals surface area contributed by atoms with Gasteiger partial charge in [-0.1, -0.05) is 48.2 Å². The number of nitrogens with one attached hydrogen (secondary N) is 1. The van der Waals surface area contributed by atoms with Crippen molar-refractivity contribution in [3.05, 3.63) is 57.8 Å². The Kier molecular flexibility index (Phi) is 5.73. The Morgan fingerprint density at radius 1 is 1.23 bits per heavy atom. The van der Waals surface area contributed by atoms with E-state index in [9.17, 15) is 4.79 Å². The topological polar surface area (TPSA) is 51.2 Å². The van der Waals surface area contributed by atoms with Gasteiger partial charge in [0, 0.05) is 24.0 Å². The Bertz CT molecular complexity index is 786. The fourth-order valence-electron chi connectivity index (χ4n) is 3.61. The van der Waals surface area contributed by atoms with E-state index >= 15 is 0 Å². The maximum atomic E-state index is 13.4. The van der Waals surface area contributed by atoms with Crippen LogP contribution < -0.4 is 10.1 Å². The molecule has 4 nitrogen and oxygen atoms in total. The third-order valence-electron chi connectivity index (χ3n) is 5.15. The number of nitrogens with zero attached hydrogens (tertiary/aromatic N) is 1. The summed E-state index contributed by atoms with van der Waals surface area (Å²) in [6.45, 7) is 1.85. The van der Waals surface area contributed by atoms with Gasteiger partial charge in [0.15, 0.2) is 0 Å². The molecule has 26 heavy (non-hydrogen) atoms. The van der Waals surface area contributed by atoms with Crippen LogP contribution >= 0.6 is 23.2 Å². The molecule has 1 unspecified atom stereocenters. The minimum absolute atomic E-state index is 0.118. The molecule has 1 fully saturated rings. The summed E-state index contributed by atoms with van der Waals surface area (Å²) in [5.74, 6) is 0.552. The van der Waals surface area contributed by atoms with Crippen LogP contribution in [0.2, 0.25) is 10.0 Å². The van der Waals surface area contributed by atoms with Gasteiger partial charge in [0.1, 0.15) is 5.75 Å². The molecule has 3 rings (SSSR count). The first-order valence-corrected chi connectivity index (χ1v) is 9.47. The molecule has 0 aliphatic heterocycles. The molecule has 0 radical (unpaired) electrons. The first-order valence-electron chi connectivity index (χ1n) is 8.71. The number of hydrogen-bond donors (Lipinski definition) is 1. The van der Waals surface area contributed by atoms with Gasteiger partial charge in [-0.05, 0) is 37.5 Å². The van der Waals surface area contributed by atoms with Crippen molar-refractivity contribution in [3.63, 3.8) is 0 Å². The largest absolute Gasteiger partial charge is 0.497 e. The molecule has 1 saturated carbocycles. The zero-order chi connectivity index (χ0) is 18.7. The second-order valence-corrected chi connectivity index (χ2v) is 7.60. The normalized spacial score (nSPS) is 16.9. The number of amides is 1. The van der Waals surface area contributed by atoms with Crippen molar-refractivity contribution in [3.8, 4) is 5.75 Å². The van der Waals surface area contributed by atoms with Crippen LogP contribution in [-0.2, 0) is 10.2 Å². The number of hydrogen-bond acceptors (Lipinski definition) is 3. The molecule has 1 heterocycles. The highest BCUT2D eigenvalue weighted by atomic mass is 35.5. The number of benzene rings is 1. The Morgan fingerprint density at radius 3 is 2.50 bits per heavy atom. The number of aromatic nitrogens is 1. The SMILES string of the molecule is COc1cccc(C(C)(C(=O)NC2CCCC2)c2c(Cl)cncc2Cl)c1. The molecule has 1 aromatic carbocycles. The second-order valence-electron chi connectivity index (χ2n) is 6.79. The van der Waals surface area contributed by atoms with Crippen LogP contribution in [0.3, 0.4) is 0 Å². The first kappa shape index (κ1) is 19.0. The van der Waals surface area contributed by atoms with E-state index in [1.54, 1.807) is 7.11 Å². The van der Waals surface area contributed by atoms with Crippen molar-refractivity contribution in [1.82, 2.24) is 10.3 Å². The van der Waals surface area contributed by atoms with Gasteiger partial charge in [-0.15, -0.1) is 0 Å². The highest BCUT2D eigenvalue weighted by Crippen LogP contribution is 2.41. The Hall–Kier alpha value is -1.78. The number of methoxy groups -OCH3 is 1. The maximum Gasteiger partial charge on any atom is 0.235 e. The third kappa shape index (κ3) is 3.53. The van der Waals surface area contributed by atoms with Gasteiger partial charge in [0.2, 0.25) is 5.91 Å².